The van der Waals surface area contributed by atoms with Gasteiger partial charge in [-0.15, -0.1) is 13.2 Å². The molecule has 0 spiro atoms. The molecule has 1 aromatic rings. The Morgan fingerprint density at radius 1 is 1.29 bits per heavy atom. The van der Waals surface area contributed by atoms with Crippen LogP contribution in [-0.4, -0.2) is 6.04 Å². The van der Waals surface area contributed by atoms with E-state index in [4.69, 9.17) is 5.73 Å². The number of hydrogen-bond acceptors (Lipinski definition) is 2. The predicted molar refractivity (Wildman–Crippen MR) is 73.9 cm³/mol. The zero-order chi connectivity index (χ0) is 12.3. The number of anilines is 1. The predicted octanol–water partition coefficient (Wildman–Crippen LogP) is 2.98. The van der Waals surface area contributed by atoms with Crippen LogP contribution in [-0.2, 0) is 6.42 Å². The molecule has 1 aliphatic rings. The fourth-order valence-electron chi connectivity index (χ4n) is 2.58. The van der Waals surface area contributed by atoms with Crippen LogP contribution in [0.15, 0.2) is 43.5 Å². The summed E-state index contributed by atoms with van der Waals surface area (Å²) in [5.41, 5.74) is 9.61. The summed E-state index contributed by atoms with van der Waals surface area (Å²) in [6.07, 6.45) is 6.82. The van der Waals surface area contributed by atoms with Crippen molar-refractivity contribution in [3.8, 4) is 0 Å². The first-order valence-electron chi connectivity index (χ1n) is 6.11. The van der Waals surface area contributed by atoms with Gasteiger partial charge in [0.15, 0.2) is 0 Å². The molecule has 2 unspecified atom stereocenters. The van der Waals surface area contributed by atoms with Crippen LogP contribution < -0.4 is 11.1 Å². The summed E-state index contributed by atoms with van der Waals surface area (Å²) in [7, 11) is 0. The molecule has 2 heteroatoms. The van der Waals surface area contributed by atoms with E-state index in [2.05, 4.69) is 24.5 Å². The topological polar surface area (TPSA) is 38.0 Å². The second-order valence-electron chi connectivity index (χ2n) is 4.58. The van der Waals surface area contributed by atoms with Crippen LogP contribution in [0.3, 0.4) is 0 Å². The van der Waals surface area contributed by atoms with Gasteiger partial charge in [-0.25, -0.2) is 0 Å². The molecule has 2 nitrogen and oxygen atoms in total. The number of fused-ring (bicyclic) bond motifs is 1. The Bertz CT molecular complexity index is 423. The molecular weight excluding hydrogens is 208 g/mol. The summed E-state index contributed by atoms with van der Waals surface area (Å²) < 4.78 is 0. The maximum Gasteiger partial charge on any atom is 0.0360 e. The molecular formula is C15H20N2. The fourth-order valence-corrected chi connectivity index (χ4v) is 2.58. The summed E-state index contributed by atoms with van der Waals surface area (Å²) >= 11 is 0. The van der Waals surface area contributed by atoms with Crippen LogP contribution in [0.5, 0.6) is 0 Å². The van der Waals surface area contributed by atoms with E-state index in [1.165, 1.54) is 11.1 Å². The van der Waals surface area contributed by atoms with Gasteiger partial charge in [0.2, 0.25) is 0 Å². The summed E-state index contributed by atoms with van der Waals surface area (Å²) in [6.45, 7) is 7.64. The average molecular weight is 228 g/mol. The molecule has 1 heterocycles. The van der Waals surface area contributed by atoms with Gasteiger partial charge >= 0.3 is 0 Å². The highest BCUT2D eigenvalue weighted by Crippen LogP contribution is 2.32. The first kappa shape index (κ1) is 11.9. The fraction of sp³-hybridized carbons (Fsp3) is 0.333. The second kappa shape index (κ2) is 5.19. The van der Waals surface area contributed by atoms with Crippen molar-refractivity contribution in [2.75, 3.05) is 5.73 Å². The van der Waals surface area contributed by atoms with Crippen molar-refractivity contribution in [3.05, 3.63) is 54.6 Å². The molecule has 0 aromatic heterocycles. The van der Waals surface area contributed by atoms with Gasteiger partial charge in [0.1, 0.15) is 0 Å². The van der Waals surface area contributed by atoms with Crippen LogP contribution in [0.1, 0.15) is 30.0 Å². The number of nitrogen functional groups attached to an aromatic ring is 1. The van der Waals surface area contributed by atoms with Crippen molar-refractivity contribution in [1.29, 1.82) is 0 Å². The Kier molecular flexibility index (Phi) is 3.64. The minimum Gasteiger partial charge on any atom is -0.398 e. The number of benzene rings is 1. The summed E-state index contributed by atoms with van der Waals surface area (Å²) in [4.78, 5) is 0. The normalized spacial score (nSPS) is 22.8. The second-order valence-corrected chi connectivity index (χ2v) is 4.58. The van der Waals surface area contributed by atoms with E-state index in [9.17, 15) is 0 Å². The molecule has 2 rings (SSSR count). The first-order valence-corrected chi connectivity index (χ1v) is 6.11. The summed E-state index contributed by atoms with van der Waals surface area (Å²) in [6, 6.07) is 6.95. The van der Waals surface area contributed by atoms with Crippen molar-refractivity contribution in [2.45, 2.75) is 31.3 Å². The van der Waals surface area contributed by atoms with Crippen molar-refractivity contribution in [3.63, 3.8) is 0 Å². The largest absolute Gasteiger partial charge is 0.398 e. The molecule has 17 heavy (non-hydrogen) atoms. The van der Waals surface area contributed by atoms with Gasteiger partial charge in [0.05, 0.1) is 0 Å². The van der Waals surface area contributed by atoms with Gasteiger partial charge in [-0.05, 0) is 36.5 Å². The third-order valence-electron chi connectivity index (χ3n) is 3.36. The molecule has 3 N–H and O–H groups in total. The van der Waals surface area contributed by atoms with E-state index >= 15 is 0 Å². The maximum absolute atomic E-state index is 6.08. The standard InChI is InChI=1S/C15H20N2/c1-3-6-11-10-13-12(8-5-9-14(13)16)15(17-11)7-4-2/h3-5,8-9,11,15,17H,1-2,6-7,10,16H2. The molecule has 90 valence electrons. The van der Waals surface area contributed by atoms with E-state index in [1.807, 2.05) is 24.3 Å². The SMILES string of the molecule is C=CCC1Cc2c(N)cccc2C(CC=C)N1. The maximum atomic E-state index is 6.08. The number of rotatable bonds is 4. The summed E-state index contributed by atoms with van der Waals surface area (Å²) in [5, 5.41) is 3.64. The molecule has 0 amide bonds. The lowest BCUT2D eigenvalue weighted by molar-refractivity contribution is 0.406. The molecule has 0 aliphatic carbocycles. The Morgan fingerprint density at radius 2 is 2.06 bits per heavy atom. The number of nitrogens with one attached hydrogen (secondary N) is 1. The minimum absolute atomic E-state index is 0.338. The van der Waals surface area contributed by atoms with E-state index < -0.39 is 0 Å². The van der Waals surface area contributed by atoms with Gasteiger partial charge in [-0.2, -0.15) is 0 Å². The highest BCUT2D eigenvalue weighted by atomic mass is 15.0. The Hall–Kier alpha value is -1.54. The van der Waals surface area contributed by atoms with Gasteiger partial charge in [-0.3, -0.25) is 0 Å². The quantitative estimate of drug-likeness (QED) is 0.614. The Labute approximate surface area is 103 Å². The molecule has 1 aliphatic heterocycles. The highest BCUT2D eigenvalue weighted by Gasteiger charge is 2.25. The Morgan fingerprint density at radius 3 is 2.76 bits per heavy atom. The van der Waals surface area contributed by atoms with Gasteiger partial charge in [0, 0.05) is 17.8 Å². The third kappa shape index (κ3) is 2.42. The van der Waals surface area contributed by atoms with Crippen LogP contribution in [0.4, 0.5) is 5.69 Å². The molecule has 0 bridgehead atoms. The van der Waals surface area contributed by atoms with Gasteiger partial charge < -0.3 is 11.1 Å². The molecule has 0 fully saturated rings. The minimum atomic E-state index is 0.338. The van der Waals surface area contributed by atoms with E-state index in [0.29, 0.717) is 12.1 Å². The van der Waals surface area contributed by atoms with Gasteiger partial charge in [-0.1, -0.05) is 24.3 Å². The number of hydrogen-bond donors (Lipinski definition) is 2. The molecule has 0 radical (unpaired) electrons. The zero-order valence-electron chi connectivity index (χ0n) is 10.2. The van der Waals surface area contributed by atoms with Crippen molar-refractivity contribution >= 4 is 5.69 Å². The smallest absolute Gasteiger partial charge is 0.0360 e. The van der Waals surface area contributed by atoms with Crippen molar-refractivity contribution in [1.82, 2.24) is 5.32 Å². The monoisotopic (exact) mass is 228 g/mol. The first-order chi connectivity index (χ1) is 8.26. The molecule has 0 saturated carbocycles. The van der Waals surface area contributed by atoms with Gasteiger partial charge in [0.25, 0.3) is 0 Å². The lowest BCUT2D eigenvalue weighted by Gasteiger charge is -2.33. The van der Waals surface area contributed by atoms with Crippen LogP contribution in [0, 0.1) is 0 Å². The molecule has 2 atom stereocenters. The summed E-state index contributed by atoms with van der Waals surface area (Å²) in [5.74, 6) is 0. The van der Waals surface area contributed by atoms with Crippen LogP contribution in [0.2, 0.25) is 0 Å². The van der Waals surface area contributed by atoms with Crippen molar-refractivity contribution < 1.29 is 0 Å². The highest BCUT2D eigenvalue weighted by molar-refractivity contribution is 5.53. The number of nitrogens with two attached hydrogens (primary N) is 1. The van der Waals surface area contributed by atoms with Crippen LogP contribution in [0.25, 0.3) is 0 Å². The van der Waals surface area contributed by atoms with Crippen molar-refractivity contribution in [2.24, 2.45) is 0 Å². The van der Waals surface area contributed by atoms with Crippen LogP contribution >= 0.6 is 0 Å². The Balaban J connectivity index is 2.34. The third-order valence-corrected chi connectivity index (χ3v) is 3.36. The lowest BCUT2D eigenvalue weighted by Crippen LogP contribution is -2.39. The average Bonchev–Trinajstić information content (AvgIpc) is 2.31. The van der Waals surface area contributed by atoms with E-state index in [0.717, 1.165) is 24.9 Å². The lowest BCUT2D eigenvalue weighted by atomic mass is 9.86. The van der Waals surface area contributed by atoms with E-state index in [1.54, 1.807) is 0 Å². The van der Waals surface area contributed by atoms with E-state index in [-0.39, 0.29) is 0 Å². The molecule has 1 aromatic carbocycles. The molecule has 0 saturated heterocycles. The zero-order valence-corrected chi connectivity index (χ0v) is 10.2.